The Morgan fingerprint density at radius 3 is 2.46 bits per heavy atom. The fourth-order valence-corrected chi connectivity index (χ4v) is 3.34. The van der Waals surface area contributed by atoms with Gasteiger partial charge in [-0.2, -0.15) is 0 Å². The van der Waals surface area contributed by atoms with Gasteiger partial charge in [-0.3, -0.25) is 18.9 Å². The van der Waals surface area contributed by atoms with Gasteiger partial charge in [-0.25, -0.2) is 4.79 Å². The number of ether oxygens (including phenoxy) is 1. The lowest BCUT2D eigenvalue weighted by Gasteiger charge is -2.22. The lowest BCUT2D eigenvalue weighted by molar-refractivity contribution is -0.132. The Kier molecular flexibility index (Phi) is 6.60. The van der Waals surface area contributed by atoms with Crippen molar-refractivity contribution in [2.24, 2.45) is 0 Å². The number of para-hydroxylation sites is 2. The normalized spacial score (nSPS) is 11.1. The van der Waals surface area contributed by atoms with Gasteiger partial charge in [-0.15, -0.1) is 0 Å². The van der Waals surface area contributed by atoms with Crippen molar-refractivity contribution in [3.05, 3.63) is 64.8 Å². The van der Waals surface area contributed by atoms with E-state index in [1.54, 1.807) is 27.3 Å². The van der Waals surface area contributed by atoms with Crippen LogP contribution in [-0.4, -0.2) is 45.2 Å². The molecule has 0 aliphatic heterocycles. The molecule has 28 heavy (non-hydrogen) atoms. The van der Waals surface area contributed by atoms with Crippen molar-refractivity contribution in [1.29, 1.82) is 0 Å². The molecule has 148 valence electrons. The highest BCUT2D eigenvalue weighted by molar-refractivity contribution is 5.78. The van der Waals surface area contributed by atoms with Crippen LogP contribution in [0.4, 0.5) is 0 Å². The molecule has 3 rings (SSSR count). The van der Waals surface area contributed by atoms with E-state index in [9.17, 15) is 9.59 Å². The molecule has 0 saturated carbocycles. The Morgan fingerprint density at radius 2 is 1.82 bits per heavy atom. The highest BCUT2D eigenvalue weighted by Crippen LogP contribution is 2.13. The smallest absolute Gasteiger partial charge is 0.329 e. The number of hydrogen-bond acceptors (Lipinski definition) is 4. The zero-order valence-electron chi connectivity index (χ0n) is 16.4. The number of aryl methyl sites for hydroxylation is 2. The summed E-state index contributed by atoms with van der Waals surface area (Å²) in [6, 6.07) is 13.3. The monoisotopic (exact) mass is 382 g/mol. The van der Waals surface area contributed by atoms with Gasteiger partial charge in [0, 0.05) is 39.4 Å². The third kappa shape index (κ3) is 4.31. The summed E-state index contributed by atoms with van der Waals surface area (Å²) >= 11 is 0. The number of methoxy groups -OCH3 is 1. The quantitative estimate of drug-likeness (QED) is 0.569. The van der Waals surface area contributed by atoms with Crippen molar-refractivity contribution in [3.8, 4) is 0 Å². The van der Waals surface area contributed by atoms with E-state index in [2.05, 4.69) is 4.98 Å². The Labute approximate surface area is 164 Å². The first-order chi connectivity index (χ1) is 13.7. The van der Waals surface area contributed by atoms with Gasteiger partial charge in [0.1, 0.15) is 0 Å². The van der Waals surface area contributed by atoms with E-state index in [0.29, 0.717) is 32.8 Å². The molecule has 2 heterocycles. The topological polar surface area (TPSA) is 69.4 Å². The number of aromatic nitrogens is 3. The van der Waals surface area contributed by atoms with Crippen LogP contribution < -0.4 is 5.69 Å². The van der Waals surface area contributed by atoms with E-state index < -0.39 is 0 Å². The van der Waals surface area contributed by atoms with Gasteiger partial charge in [0.05, 0.1) is 29.9 Å². The molecule has 0 bridgehead atoms. The van der Waals surface area contributed by atoms with Crippen LogP contribution in [0.2, 0.25) is 0 Å². The number of imidazole rings is 1. The van der Waals surface area contributed by atoms with Crippen molar-refractivity contribution in [2.75, 3.05) is 20.3 Å². The van der Waals surface area contributed by atoms with Gasteiger partial charge in [-0.05, 0) is 31.2 Å². The number of amides is 1. The minimum atomic E-state index is -0.0790. The first-order valence-corrected chi connectivity index (χ1v) is 9.50. The average molecular weight is 382 g/mol. The molecule has 0 fully saturated rings. The summed E-state index contributed by atoms with van der Waals surface area (Å²) in [5.74, 6) is -0.0251. The van der Waals surface area contributed by atoms with Crippen molar-refractivity contribution in [3.63, 3.8) is 0 Å². The second kappa shape index (κ2) is 9.32. The van der Waals surface area contributed by atoms with E-state index in [1.807, 2.05) is 49.4 Å². The van der Waals surface area contributed by atoms with Gasteiger partial charge in [0.2, 0.25) is 5.91 Å². The minimum absolute atomic E-state index is 0.0251. The van der Waals surface area contributed by atoms with Gasteiger partial charge in [0.25, 0.3) is 0 Å². The van der Waals surface area contributed by atoms with E-state index in [-0.39, 0.29) is 18.0 Å². The van der Waals surface area contributed by atoms with Crippen molar-refractivity contribution < 1.29 is 9.53 Å². The molecule has 0 spiro atoms. The summed E-state index contributed by atoms with van der Waals surface area (Å²) < 4.78 is 8.56. The summed E-state index contributed by atoms with van der Waals surface area (Å²) in [7, 11) is 1.61. The van der Waals surface area contributed by atoms with E-state index >= 15 is 0 Å². The maximum absolute atomic E-state index is 12.9. The molecule has 7 heteroatoms. The van der Waals surface area contributed by atoms with Gasteiger partial charge in [-0.1, -0.05) is 18.2 Å². The molecule has 3 aromatic rings. The maximum atomic E-state index is 12.9. The molecule has 0 atom stereocenters. The highest BCUT2D eigenvalue weighted by Gasteiger charge is 2.17. The van der Waals surface area contributed by atoms with E-state index in [4.69, 9.17) is 4.74 Å². The predicted molar refractivity (Wildman–Crippen MR) is 108 cm³/mol. The van der Waals surface area contributed by atoms with Crippen LogP contribution in [0.15, 0.2) is 53.5 Å². The van der Waals surface area contributed by atoms with Crippen LogP contribution in [-0.2, 0) is 29.2 Å². The predicted octanol–water partition coefficient (Wildman–Crippen LogP) is 2.28. The Balaban J connectivity index is 1.76. The molecule has 1 aromatic carbocycles. The van der Waals surface area contributed by atoms with Crippen molar-refractivity contribution in [1.82, 2.24) is 19.0 Å². The molecule has 2 aromatic heterocycles. The SMILES string of the molecule is CCn1c(=O)n(CCC(=O)N(CCOC)Cc2ccccn2)c2ccccc21. The standard InChI is InChI=1S/C21H26N4O3/c1-3-24-18-9-4-5-10-19(18)25(21(24)27)13-11-20(26)23(14-15-28-2)16-17-8-6-7-12-22-17/h4-10,12H,3,11,13-16H2,1-2H3. The molecule has 0 aliphatic rings. The number of carbonyl (C=O) groups excluding carboxylic acids is 1. The number of rotatable bonds is 9. The first-order valence-electron chi connectivity index (χ1n) is 9.50. The number of hydrogen-bond donors (Lipinski definition) is 0. The maximum Gasteiger partial charge on any atom is 0.329 e. The average Bonchev–Trinajstić information content (AvgIpc) is 3.00. The third-order valence-electron chi connectivity index (χ3n) is 4.79. The first kappa shape index (κ1) is 19.8. The molecule has 0 radical (unpaired) electrons. The summed E-state index contributed by atoms with van der Waals surface area (Å²) in [6.45, 7) is 4.25. The van der Waals surface area contributed by atoms with Crippen LogP contribution in [0.3, 0.4) is 0 Å². The molecule has 1 amide bonds. The lowest BCUT2D eigenvalue weighted by atomic mass is 10.2. The second-order valence-corrected chi connectivity index (χ2v) is 6.55. The molecule has 0 saturated heterocycles. The van der Waals surface area contributed by atoms with Gasteiger partial charge >= 0.3 is 5.69 Å². The Hall–Kier alpha value is -2.93. The summed E-state index contributed by atoms with van der Waals surface area (Å²) in [5, 5.41) is 0. The van der Waals surface area contributed by atoms with Gasteiger partial charge < -0.3 is 9.64 Å². The summed E-state index contributed by atoms with van der Waals surface area (Å²) in [4.78, 5) is 31.6. The molecule has 0 N–H and O–H groups in total. The van der Waals surface area contributed by atoms with Crippen LogP contribution in [0.25, 0.3) is 11.0 Å². The zero-order valence-corrected chi connectivity index (χ0v) is 16.4. The number of nitrogens with zero attached hydrogens (tertiary/aromatic N) is 4. The molecule has 0 unspecified atom stereocenters. The Morgan fingerprint density at radius 1 is 1.11 bits per heavy atom. The largest absolute Gasteiger partial charge is 0.383 e. The number of benzene rings is 1. The molecule has 7 nitrogen and oxygen atoms in total. The van der Waals surface area contributed by atoms with Gasteiger partial charge in [0.15, 0.2) is 0 Å². The number of carbonyl (C=O) groups is 1. The lowest BCUT2D eigenvalue weighted by Crippen LogP contribution is -2.35. The van der Waals surface area contributed by atoms with Crippen molar-refractivity contribution in [2.45, 2.75) is 33.0 Å². The number of pyridine rings is 1. The summed E-state index contributed by atoms with van der Waals surface area (Å²) in [5.41, 5.74) is 2.50. The van der Waals surface area contributed by atoms with Crippen LogP contribution in [0.5, 0.6) is 0 Å². The minimum Gasteiger partial charge on any atom is -0.383 e. The zero-order chi connectivity index (χ0) is 19.9. The van der Waals surface area contributed by atoms with Crippen LogP contribution >= 0.6 is 0 Å². The van der Waals surface area contributed by atoms with E-state index in [1.165, 1.54) is 0 Å². The highest BCUT2D eigenvalue weighted by atomic mass is 16.5. The van der Waals surface area contributed by atoms with Crippen LogP contribution in [0.1, 0.15) is 19.0 Å². The Bertz CT molecular complexity index is 978. The molecular formula is C21H26N4O3. The van der Waals surface area contributed by atoms with Crippen molar-refractivity contribution >= 4 is 16.9 Å². The fourth-order valence-electron chi connectivity index (χ4n) is 3.34. The summed E-state index contributed by atoms with van der Waals surface area (Å²) in [6.07, 6.45) is 1.96. The third-order valence-corrected chi connectivity index (χ3v) is 4.79. The van der Waals surface area contributed by atoms with Crippen LogP contribution in [0, 0.1) is 0 Å². The van der Waals surface area contributed by atoms with E-state index in [0.717, 1.165) is 16.7 Å². The fraction of sp³-hybridized carbons (Fsp3) is 0.381. The molecule has 0 aliphatic carbocycles. The number of fused-ring (bicyclic) bond motifs is 1. The second-order valence-electron chi connectivity index (χ2n) is 6.55. The molecular weight excluding hydrogens is 356 g/mol.